The van der Waals surface area contributed by atoms with Crippen molar-refractivity contribution in [2.45, 2.75) is 37.8 Å². The highest BCUT2D eigenvalue weighted by atomic mass is 79.9. The number of nitrogens with zero attached hydrogens (tertiary/aromatic N) is 2. The monoisotopic (exact) mass is 664 g/mol. The van der Waals surface area contributed by atoms with Gasteiger partial charge in [-0.2, -0.15) is 0 Å². The summed E-state index contributed by atoms with van der Waals surface area (Å²) >= 11 is 0. The van der Waals surface area contributed by atoms with Crippen LogP contribution < -0.4 is 34.0 Å². The average molecular weight is 667 g/mol. The zero-order valence-electron chi connectivity index (χ0n) is 24.6. The van der Waals surface area contributed by atoms with Crippen LogP contribution in [0.3, 0.4) is 0 Å². The topological polar surface area (TPSA) is 0 Å². The first-order valence-corrected chi connectivity index (χ1v) is 14.2. The van der Waals surface area contributed by atoms with E-state index >= 15 is 0 Å². The van der Waals surface area contributed by atoms with E-state index in [1.54, 1.807) is 0 Å². The van der Waals surface area contributed by atoms with Gasteiger partial charge in [0.25, 0.3) is 0 Å². The van der Waals surface area contributed by atoms with E-state index in [0.29, 0.717) is 12.1 Å². The molecule has 0 fully saturated rings. The lowest BCUT2D eigenvalue weighted by Gasteiger charge is -2.39. The first-order chi connectivity index (χ1) is 18.4. The summed E-state index contributed by atoms with van der Waals surface area (Å²) in [6.45, 7) is 2.34. The lowest BCUT2D eigenvalue weighted by atomic mass is 9.95. The van der Waals surface area contributed by atoms with Crippen LogP contribution in [0.5, 0.6) is 0 Å². The number of halogens is 2. The summed E-state index contributed by atoms with van der Waals surface area (Å²) in [4.78, 5) is 0. The van der Waals surface area contributed by atoms with E-state index < -0.39 is 0 Å². The number of hydrogen-bond acceptors (Lipinski definition) is 0. The van der Waals surface area contributed by atoms with Gasteiger partial charge in [0.2, 0.25) is 0 Å². The van der Waals surface area contributed by atoms with Crippen LogP contribution in [0.2, 0.25) is 0 Å². The number of rotatable bonds is 13. The Labute approximate surface area is 264 Å². The van der Waals surface area contributed by atoms with Gasteiger partial charge in [-0.25, -0.2) is 0 Å². The summed E-state index contributed by atoms with van der Waals surface area (Å²) in [5.74, 6) is 0. The fourth-order valence-electron chi connectivity index (χ4n) is 6.19. The van der Waals surface area contributed by atoms with Crippen molar-refractivity contribution < 1.29 is 42.9 Å². The van der Waals surface area contributed by atoms with Crippen LogP contribution in [0.25, 0.3) is 0 Å². The SMILES string of the molecule is C[N+](C)(CCCCCC[N+](C)(C)C(c1ccccc1)c1ccccc1)C(c1ccccc1)c1ccccc1.[Br-].[Br-]. The second-order valence-corrected chi connectivity index (χ2v) is 11.9. The molecule has 0 heterocycles. The van der Waals surface area contributed by atoms with Crippen LogP contribution in [0.1, 0.15) is 60.0 Å². The molecule has 4 aromatic rings. The fourth-order valence-corrected chi connectivity index (χ4v) is 6.19. The molecule has 0 saturated carbocycles. The van der Waals surface area contributed by atoms with E-state index in [-0.39, 0.29) is 34.0 Å². The van der Waals surface area contributed by atoms with Crippen molar-refractivity contribution in [1.82, 2.24) is 0 Å². The Balaban J connectivity index is 0.00000280. The van der Waals surface area contributed by atoms with Gasteiger partial charge in [-0.05, 0) is 25.7 Å². The minimum absolute atomic E-state index is 0. The third-order valence-electron chi connectivity index (χ3n) is 8.08. The number of benzene rings is 4. The van der Waals surface area contributed by atoms with E-state index in [9.17, 15) is 0 Å². The molecule has 0 amide bonds. The van der Waals surface area contributed by atoms with Crippen LogP contribution in [-0.2, 0) is 0 Å². The molecule has 0 aliphatic heterocycles. The molecule has 4 rings (SSSR count). The summed E-state index contributed by atoms with van der Waals surface area (Å²) in [5.41, 5.74) is 5.59. The van der Waals surface area contributed by atoms with Crippen molar-refractivity contribution in [3.63, 3.8) is 0 Å². The molecular formula is C36H46Br2N2. The Morgan fingerprint density at radius 3 is 0.825 bits per heavy atom. The van der Waals surface area contributed by atoms with Gasteiger partial charge in [0.05, 0.1) is 41.3 Å². The Kier molecular flexibility index (Phi) is 13.8. The predicted molar refractivity (Wildman–Crippen MR) is 162 cm³/mol. The maximum Gasteiger partial charge on any atom is 0.140 e. The van der Waals surface area contributed by atoms with Crippen molar-refractivity contribution >= 4 is 0 Å². The van der Waals surface area contributed by atoms with Crippen molar-refractivity contribution in [1.29, 1.82) is 0 Å². The predicted octanol–water partition coefficient (Wildman–Crippen LogP) is 2.29. The zero-order chi connectivity index (χ0) is 26.8. The molecule has 0 aromatic heterocycles. The molecule has 0 spiro atoms. The van der Waals surface area contributed by atoms with Crippen LogP contribution in [-0.4, -0.2) is 50.2 Å². The maximum absolute atomic E-state index is 2.40. The summed E-state index contributed by atoms with van der Waals surface area (Å²) < 4.78 is 1.94. The highest BCUT2D eigenvalue weighted by molar-refractivity contribution is 5.31. The molecule has 0 atom stereocenters. The quantitative estimate of drug-likeness (QED) is 0.152. The highest BCUT2D eigenvalue weighted by Crippen LogP contribution is 2.34. The minimum Gasteiger partial charge on any atom is -1.00 e. The lowest BCUT2D eigenvalue weighted by molar-refractivity contribution is -0.916. The third-order valence-corrected chi connectivity index (χ3v) is 8.08. The average Bonchev–Trinajstić information content (AvgIpc) is 2.93. The number of unbranched alkanes of at least 4 members (excludes halogenated alkanes) is 3. The Bertz CT molecular complexity index is 1030. The van der Waals surface area contributed by atoms with Gasteiger partial charge in [-0.15, -0.1) is 0 Å². The molecule has 40 heavy (non-hydrogen) atoms. The molecule has 0 aliphatic rings. The third kappa shape index (κ3) is 9.14. The van der Waals surface area contributed by atoms with Gasteiger partial charge in [0, 0.05) is 22.3 Å². The van der Waals surface area contributed by atoms with Crippen LogP contribution in [0.4, 0.5) is 0 Å². The van der Waals surface area contributed by atoms with E-state index in [1.165, 1.54) is 61.0 Å². The van der Waals surface area contributed by atoms with E-state index in [1.807, 2.05) is 0 Å². The second kappa shape index (κ2) is 16.3. The zero-order valence-corrected chi connectivity index (χ0v) is 27.8. The molecule has 2 nitrogen and oxygen atoms in total. The van der Waals surface area contributed by atoms with Gasteiger partial charge in [-0.1, -0.05) is 121 Å². The Morgan fingerprint density at radius 1 is 0.375 bits per heavy atom. The minimum atomic E-state index is 0. The number of quaternary nitrogens is 2. The van der Waals surface area contributed by atoms with Crippen molar-refractivity contribution in [3.05, 3.63) is 144 Å². The van der Waals surface area contributed by atoms with Crippen molar-refractivity contribution in [2.75, 3.05) is 41.3 Å². The van der Waals surface area contributed by atoms with Crippen LogP contribution in [0, 0.1) is 0 Å². The molecule has 0 unspecified atom stereocenters. The van der Waals surface area contributed by atoms with Crippen LogP contribution in [0.15, 0.2) is 121 Å². The van der Waals surface area contributed by atoms with E-state index in [4.69, 9.17) is 0 Å². The summed E-state index contributed by atoms with van der Waals surface area (Å²) in [6, 6.07) is 44.8. The first-order valence-electron chi connectivity index (χ1n) is 14.2. The van der Waals surface area contributed by atoms with Gasteiger partial charge >= 0.3 is 0 Å². The second-order valence-electron chi connectivity index (χ2n) is 11.9. The molecule has 0 N–H and O–H groups in total. The van der Waals surface area contributed by atoms with Gasteiger partial charge < -0.3 is 42.9 Å². The lowest BCUT2D eigenvalue weighted by Crippen LogP contribution is -3.00. The summed E-state index contributed by atoms with van der Waals surface area (Å²) in [5, 5.41) is 0. The molecular weight excluding hydrogens is 620 g/mol. The molecule has 4 aromatic carbocycles. The molecule has 0 bridgehead atoms. The maximum atomic E-state index is 2.40. The fraction of sp³-hybridized carbons (Fsp3) is 0.333. The Hall–Kier alpha value is -2.24. The Morgan fingerprint density at radius 2 is 0.600 bits per heavy atom. The molecule has 0 aliphatic carbocycles. The molecule has 214 valence electrons. The van der Waals surface area contributed by atoms with Crippen molar-refractivity contribution in [3.8, 4) is 0 Å². The highest BCUT2D eigenvalue weighted by Gasteiger charge is 2.32. The largest absolute Gasteiger partial charge is 1.00 e. The standard InChI is InChI=1S/C36H46N2.2BrH/c1-37(2,35(31-21-11-7-12-22-31)32-23-13-8-14-24-32)29-19-5-6-20-30-38(3,4)36(33-25-15-9-16-26-33)34-27-17-10-18-28-34;;/h7-18,21-28,35-36H,5-6,19-20,29-30H2,1-4H3;2*1H/q+2;;/p-2. The first kappa shape index (κ1) is 34.0. The number of hydrogen-bond donors (Lipinski definition) is 0. The van der Waals surface area contributed by atoms with Crippen LogP contribution >= 0.6 is 0 Å². The molecule has 0 saturated heterocycles. The van der Waals surface area contributed by atoms with Gasteiger partial charge in [0.15, 0.2) is 0 Å². The summed E-state index contributed by atoms with van der Waals surface area (Å²) in [6.07, 6.45) is 5.05. The normalized spacial score (nSPS) is 11.7. The smallest absolute Gasteiger partial charge is 0.140 e. The van der Waals surface area contributed by atoms with Gasteiger partial charge in [-0.3, -0.25) is 0 Å². The molecule has 0 radical (unpaired) electrons. The molecule has 4 heteroatoms. The van der Waals surface area contributed by atoms with E-state index in [0.717, 1.165) is 8.97 Å². The van der Waals surface area contributed by atoms with Gasteiger partial charge in [0.1, 0.15) is 12.1 Å². The summed E-state index contributed by atoms with van der Waals surface area (Å²) in [7, 11) is 9.59. The van der Waals surface area contributed by atoms with Crippen molar-refractivity contribution in [2.24, 2.45) is 0 Å². The van der Waals surface area contributed by atoms with E-state index in [2.05, 4.69) is 150 Å².